The zero-order valence-corrected chi connectivity index (χ0v) is 12.0. The number of nitrogens with two attached hydrogens (primary N) is 1. The maximum Gasteiger partial charge on any atom is 0.391 e. The first-order valence-corrected chi connectivity index (χ1v) is 7.98. The van der Waals surface area contributed by atoms with E-state index in [1.165, 1.54) is 12.8 Å². The quantitative estimate of drug-likeness (QED) is 0.841. The fourth-order valence-electron chi connectivity index (χ4n) is 3.88. The average molecular weight is 290 g/mol. The van der Waals surface area contributed by atoms with E-state index in [1.807, 2.05) is 0 Å². The highest BCUT2D eigenvalue weighted by atomic mass is 19.4. The Hall–Kier alpha value is -0.290. The Balaban J connectivity index is 1.76. The molecule has 3 aliphatic rings. The minimum atomic E-state index is -4.06. The smallest absolute Gasteiger partial charge is 0.329 e. The van der Waals surface area contributed by atoms with Crippen molar-refractivity contribution in [2.24, 2.45) is 17.6 Å². The van der Waals surface area contributed by atoms with Crippen molar-refractivity contribution in [1.29, 1.82) is 0 Å². The zero-order valence-electron chi connectivity index (χ0n) is 12.0. The van der Waals surface area contributed by atoms with E-state index >= 15 is 0 Å². The molecule has 0 aromatic rings. The Morgan fingerprint density at radius 3 is 2.30 bits per heavy atom. The van der Waals surface area contributed by atoms with E-state index in [1.54, 1.807) is 0 Å². The minimum Gasteiger partial charge on any atom is -0.329 e. The predicted molar refractivity (Wildman–Crippen MR) is 72.3 cm³/mol. The highest BCUT2D eigenvalue weighted by molar-refractivity contribution is 5.04. The molecule has 0 bridgehead atoms. The lowest BCUT2D eigenvalue weighted by molar-refractivity contribution is -0.194. The van der Waals surface area contributed by atoms with Gasteiger partial charge in [-0.05, 0) is 50.9 Å². The number of rotatable bonds is 5. The van der Waals surface area contributed by atoms with E-state index in [-0.39, 0.29) is 18.4 Å². The van der Waals surface area contributed by atoms with E-state index in [0.29, 0.717) is 24.9 Å². The summed E-state index contributed by atoms with van der Waals surface area (Å²) in [7, 11) is 0. The van der Waals surface area contributed by atoms with Gasteiger partial charge >= 0.3 is 6.18 Å². The molecule has 2 nitrogen and oxygen atoms in total. The Kier molecular flexibility index (Phi) is 3.78. The number of hydrogen-bond donors (Lipinski definition) is 1. The molecule has 3 saturated carbocycles. The SMILES string of the molecule is NCC1(N(CC2CC2)C2CC2)CCCC(C(F)(F)F)C1. The van der Waals surface area contributed by atoms with Gasteiger partial charge in [0, 0.05) is 24.7 Å². The Bertz CT molecular complexity index is 350. The molecular weight excluding hydrogens is 265 g/mol. The lowest BCUT2D eigenvalue weighted by Crippen LogP contribution is -2.59. The molecule has 2 unspecified atom stereocenters. The van der Waals surface area contributed by atoms with Gasteiger partial charge in [-0.15, -0.1) is 0 Å². The van der Waals surface area contributed by atoms with Gasteiger partial charge in [0.05, 0.1) is 5.92 Å². The fraction of sp³-hybridized carbons (Fsp3) is 1.00. The van der Waals surface area contributed by atoms with Crippen molar-refractivity contribution in [3.05, 3.63) is 0 Å². The summed E-state index contributed by atoms with van der Waals surface area (Å²) in [5.74, 6) is -0.439. The van der Waals surface area contributed by atoms with Crippen LogP contribution in [0.25, 0.3) is 0 Å². The van der Waals surface area contributed by atoms with Crippen LogP contribution in [-0.4, -0.2) is 35.7 Å². The summed E-state index contributed by atoms with van der Waals surface area (Å²) in [6, 6.07) is 0.506. The maximum atomic E-state index is 13.1. The van der Waals surface area contributed by atoms with Crippen molar-refractivity contribution in [2.75, 3.05) is 13.1 Å². The summed E-state index contributed by atoms with van der Waals surface area (Å²) in [6.45, 7) is 1.36. The van der Waals surface area contributed by atoms with Crippen LogP contribution >= 0.6 is 0 Å². The first-order valence-electron chi connectivity index (χ1n) is 7.98. The van der Waals surface area contributed by atoms with Crippen LogP contribution in [0.1, 0.15) is 51.4 Å². The van der Waals surface area contributed by atoms with Gasteiger partial charge in [0.2, 0.25) is 0 Å². The van der Waals surface area contributed by atoms with E-state index in [4.69, 9.17) is 5.73 Å². The lowest BCUT2D eigenvalue weighted by atomic mass is 9.74. The molecule has 0 amide bonds. The Labute approximate surface area is 118 Å². The molecule has 3 rings (SSSR count). The van der Waals surface area contributed by atoms with Gasteiger partial charge in [-0.3, -0.25) is 4.90 Å². The molecule has 0 heterocycles. The molecule has 5 heteroatoms. The second kappa shape index (κ2) is 5.16. The van der Waals surface area contributed by atoms with Gasteiger partial charge in [-0.1, -0.05) is 6.42 Å². The van der Waals surface area contributed by atoms with Gasteiger partial charge < -0.3 is 5.73 Å². The lowest BCUT2D eigenvalue weighted by Gasteiger charge is -2.49. The third-order valence-corrected chi connectivity index (χ3v) is 5.41. The topological polar surface area (TPSA) is 29.3 Å². The van der Waals surface area contributed by atoms with Gasteiger partial charge in [-0.25, -0.2) is 0 Å². The predicted octanol–water partition coefficient (Wildman–Crippen LogP) is 3.31. The fourth-order valence-corrected chi connectivity index (χ4v) is 3.88. The second-order valence-electron chi connectivity index (χ2n) is 7.09. The summed E-state index contributed by atoms with van der Waals surface area (Å²) in [5.41, 5.74) is 5.61. The van der Waals surface area contributed by atoms with Crippen LogP contribution in [-0.2, 0) is 0 Å². The number of nitrogens with zero attached hydrogens (tertiary/aromatic N) is 1. The molecule has 0 aromatic heterocycles. The number of alkyl halides is 3. The monoisotopic (exact) mass is 290 g/mol. The standard InChI is InChI=1S/C15H25F3N2/c16-15(17,18)12-2-1-7-14(8-12,10-19)20(13-5-6-13)9-11-3-4-11/h11-13H,1-10,19H2. The Morgan fingerprint density at radius 1 is 1.10 bits per heavy atom. The van der Waals surface area contributed by atoms with Crippen molar-refractivity contribution in [3.63, 3.8) is 0 Å². The molecule has 0 spiro atoms. The van der Waals surface area contributed by atoms with E-state index in [9.17, 15) is 13.2 Å². The van der Waals surface area contributed by atoms with E-state index in [0.717, 1.165) is 25.8 Å². The van der Waals surface area contributed by atoms with Crippen LogP contribution < -0.4 is 5.73 Å². The van der Waals surface area contributed by atoms with Crippen molar-refractivity contribution in [1.82, 2.24) is 4.90 Å². The third-order valence-electron chi connectivity index (χ3n) is 5.41. The normalized spacial score (nSPS) is 35.5. The molecule has 3 fully saturated rings. The van der Waals surface area contributed by atoms with Crippen LogP contribution in [0.2, 0.25) is 0 Å². The van der Waals surface area contributed by atoms with Crippen molar-refractivity contribution in [3.8, 4) is 0 Å². The first-order chi connectivity index (χ1) is 9.44. The van der Waals surface area contributed by atoms with Gasteiger partial charge in [-0.2, -0.15) is 13.2 Å². The highest BCUT2D eigenvalue weighted by Crippen LogP contribution is 2.48. The molecule has 0 radical (unpaired) electrons. The van der Waals surface area contributed by atoms with Crippen molar-refractivity contribution < 1.29 is 13.2 Å². The number of halogens is 3. The Morgan fingerprint density at radius 2 is 1.80 bits per heavy atom. The van der Waals surface area contributed by atoms with Crippen molar-refractivity contribution in [2.45, 2.75) is 69.1 Å². The first kappa shape index (κ1) is 14.6. The summed E-state index contributed by atoms with van der Waals surface area (Å²) in [6.07, 6.45) is 2.73. The molecule has 116 valence electrons. The van der Waals surface area contributed by atoms with E-state index in [2.05, 4.69) is 4.90 Å². The summed E-state index contributed by atoms with van der Waals surface area (Å²) in [5, 5.41) is 0. The highest BCUT2D eigenvalue weighted by Gasteiger charge is 2.52. The molecule has 2 N–H and O–H groups in total. The van der Waals surface area contributed by atoms with E-state index < -0.39 is 12.1 Å². The molecule has 0 aromatic carbocycles. The van der Waals surface area contributed by atoms with Crippen LogP contribution in [0.4, 0.5) is 13.2 Å². The number of hydrogen-bond acceptors (Lipinski definition) is 2. The van der Waals surface area contributed by atoms with Crippen molar-refractivity contribution >= 4 is 0 Å². The molecule has 20 heavy (non-hydrogen) atoms. The molecule has 0 aliphatic heterocycles. The third kappa shape index (κ3) is 2.98. The summed E-state index contributed by atoms with van der Waals surface area (Å²) >= 11 is 0. The van der Waals surface area contributed by atoms with Crippen LogP contribution in [0.15, 0.2) is 0 Å². The molecule has 3 aliphatic carbocycles. The summed E-state index contributed by atoms with van der Waals surface area (Å²) in [4.78, 5) is 2.39. The largest absolute Gasteiger partial charge is 0.391 e. The average Bonchev–Trinajstić information content (AvgIpc) is 3.27. The van der Waals surface area contributed by atoms with Crippen LogP contribution in [0, 0.1) is 11.8 Å². The second-order valence-corrected chi connectivity index (χ2v) is 7.09. The van der Waals surface area contributed by atoms with Crippen LogP contribution in [0.3, 0.4) is 0 Å². The maximum absolute atomic E-state index is 13.1. The molecular formula is C15H25F3N2. The van der Waals surface area contributed by atoms with Gasteiger partial charge in [0.1, 0.15) is 0 Å². The van der Waals surface area contributed by atoms with Gasteiger partial charge in [0.25, 0.3) is 0 Å². The minimum absolute atomic E-state index is 0.218. The molecule has 0 saturated heterocycles. The molecule has 2 atom stereocenters. The summed E-state index contributed by atoms with van der Waals surface area (Å²) < 4.78 is 39.3. The zero-order chi connectivity index (χ0) is 14.4. The van der Waals surface area contributed by atoms with Crippen LogP contribution in [0.5, 0.6) is 0 Å². The van der Waals surface area contributed by atoms with Gasteiger partial charge in [0.15, 0.2) is 0 Å².